The Morgan fingerprint density at radius 3 is 2.48 bits per heavy atom. The normalized spacial score (nSPS) is 22.2. The number of piperidine rings is 1. The molecule has 110 valence electrons. The highest BCUT2D eigenvalue weighted by Crippen LogP contribution is 2.38. The van der Waals surface area contributed by atoms with Gasteiger partial charge in [0.25, 0.3) is 0 Å². The first-order valence-corrected chi connectivity index (χ1v) is 7.99. The van der Waals surface area contributed by atoms with Gasteiger partial charge in [-0.25, -0.2) is 0 Å². The van der Waals surface area contributed by atoms with Gasteiger partial charge in [0.2, 0.25) is 0 Å². The maximum absolute atomic E-state index is 3.58. The molecule has 0 amide bonds. The molecule has 0 radical (unpaired) electrons. The van der Waals surface area contributed by atoms with Gasteiger partial charge in [-0.05, 0) is 56.3 Å². The van der Waals surface area contributed by atoms with Crippen LogP contribution in [0.4, 0.5) is 0 Å². The number of benzene rings is 2. The molecule has 1 fully saturated rings. The smallest absolute Gasteiger partial charge is 0.00328 e. The Morgan fingerprint density at radius 2 is 1.71 bits per heavy atom. The van der Waals surface area contributed by atoms with Crippen molar-refractivity contribution in [1.29, 1.82) is 0 Å². The molecule has 0 spiro atoms. The highest BCUT2D eigenvalue weighted by atomic mass is 14.9. The Labute approximate surface area is 128 Å². The Balaban J connectivity index is 1.98. The third-order valence-electron chi connectivity index (χ3n) is 4.78. The first-order chi connectivity index (χ1) is 10.1. The van der Waals surface area contributed by atoms with Crippen molar-refractivity contribution in [3.63, 3.8) is 0 Å². The molecule has 1 heteroatoms. The minimum atomic E-state index is 0.583. The van der Waals surface area contributed by atoms with Crippen molar-refractivity contribution >= 4 is 0 Å². The molecule has 0 saturated carbocycles. The van der Waals surface area contributed by atoms with Gasteiger partial charge in [-0.2, -0.15) is 0 Å². The van der Waals surface area contributed by atoms with E-state index in [-0.39, 0.29) is 0 Å². The van der Waals surface area contributed by atoms with Gasteiger partial charge >= 0.3 is 0 Å². The molecule has 2 atom stereocenters. The second-order valence-electron chi connectivity index (χ2n) is 6.48. The minimum Gasteiger partial charge on any atom is -0.316 e. The van der Waals surface area contributed by atoms with Crippen LogP contribution in [0.5, 0.6) is 0 Å². The van der Waals surface area contributed by atoms with Crippen LogP contribution in [0.1, 0.15) is 46.1 Å². The molecule has 1 N–H and O–H groups in total. The predicted molar refractivity (Wildman–Crippen MR) is 90.1 cm³/mol. The van der Waals surface area contributed by atoms with Crippen LogP contribution in [0.25, 0.3) is 0 Å². The van der Waals surface area contributed by atoms with E-state index in [1.165, 1.54) is 34.2 Å². The van der Waals surface area contributed by atoms with E-state index in [9.17, 15) is 0 Å². The lowest BCUT2D eigenvalue weighted by molar-refractivity contribution is 0.403. The van der Waals surface area contributed by atoms with Crippen molar-refractivity contribution in [3.8, 4) is 0 Å². The summed E-state index contributed by atoms with van der Waals surface area (Å²) in [7, 11) is 0. The van der Waals surface area contributed by atoms with Crippen LogP contribution in [0.2, 0.25) is 0 Å². The summed E-state index contributed by atoms with van der Waals surface area (Å²) in [6.07, 6.45) is 1.22. The molecule has 1 aliphatic heterocycles. The van der Waals surface area contributed by atoms with Gasteiger partial charge in [0, 0.05) is 12.5 Å². The molecule has 0 aromatic heterocycles. The first kappa shape index (κ1) is 14.3. The summed E-state index contributed by atoms with van der Waals surface area (Å²) in [5, 5.41) is 3.58. The molecule has 1 saturated heterocycles. The third-order valence-corrected chi connectivity index (χ3v) is 4.78. The predicted octanol–water partition coefficient (Wildman–Crippen LogP) is 4.47. The molecular weight excluding hydrogens is 254 g/mol. The minimum absolute atomic E-state index is 0.583. The topological polar surface area (TPSA) is 12.0 Å². The van der Waals surface area contributed by atoms with E-state index in [1.54, 1.807) is 0 Å². The van der Waals surface area contributed by atoms with E-state index >= 15 is 0 Å². The van der Waals surface area contributed by atoms with Gasteiger partial charge in [-0.3, -0.25) is 0 Å². The fourth-order valence-electron chi connectivity index (χ4n) is 3.72. The summed E-state index contributed by atoms with van der Waals surface area (Å²) in [6.45, 7) is 8.84. The molecule has 2 aromatic carbocycles. The van der Waals surface area contributed by atoms with E-state index in [4.69, 9.17) is 0 Å². The lowest BCUT2D eigenvalue weighted by Gasteiger charge is -2.34. The Hall–Kier alpha value is -1.60. The molecule has 1 heterocycles. The van der Waals surface area contributed by atoms with Crippen LogP contribution >= 0.6 is 0 Å². The van der Waals surface area contributed by atoms with Gasteiger partial charge < -0.3 is 5.32 Å². The van der Waals surface area contributed by atoms with E-state index < -0.39 is 0 Å². The van der Waals surface area contributed by atoms with Gasteiger partial charge in [-0.15, -0.1) is 0 Å². The maximum Gasteiger partial charge on any atom is 0.00328 e. The van der Waals surface area contributed by atoms with E-state index in [2.05, 4.69) is 68.6 Å². The lowest BCUT2D eigenvalue weighted by atomic mass is 9.76. The average Bonchev–Trinajstić information content (AvgIpc) is 2.47. The first-order valence-electron chi connectivity index (χ1n) is 7.99. The van der Waals surface area contributed by atoms with Crippen molar-refractivity contribution in [3.05, 3.63) is 70.3 Å². The molecule has 2 unspecified atom stereocenters. The maximum atomic E-state index is 3.58. The van der Waals surface area contributed by atoms with E-state index in [0.717, 1.165) is 13.1 Å². The summed E-state index contributed by atoms with van der Waals surface area (Å²) in [4.78, 5) is 0. The summed E-state index contributed by atoms with van der Waals surface area (Å²) < 4.78 is 0. The zero-order valence-corrected chi connectivity index (χ0v) is 13.3. The standard InChI is InChI=1S/C20H25N/c1-14-5-4-6-17(12-14)20-13-21-10-9-19(20)18-8-7-15(2)11-16(18)3/h4-8,11-12,19-21H,9-10,13H2,1-3H3. The molecule has 0 aliphatic carbocycles. The Morgan fingerprint density at radius 1 is 0.905 bits per heavy atom. The third kappa shape index (κ3) is 3.03. The van der Waals surface area contributed by atoms with Crippen LogP contribution in [-0.4, -0.2) is 13.1 Å². The molecule has 2 aromatic rings. The van der Waals surface area contributed by atoms with Gasteiger partial charge in [0.15, 0.2) is 0 Å². The highest BCUT2D eigenvalue weighted by Gasteiger charge is 2.28. The second kappa shape index (κ2) is 6.03. The summed E-state index contributed by atoms with van der Waals surface area (Å²) in [5.74, 6) is 1.22. The fraction of sp³-hybridized carbons (Fsp3) is 0.400. The summed E-state index contributed by atoms with van der Waals surface area (Å²) >= 11 is 0. The van der Waals surface area contributed by atoms with Crippen LogP contribution in [0.3, 0.4) is 0 Å². The lowest BCUT2D eigenvalue weighted by Crippen LogP contribution is -2.34. The summed E-state index contributed by atoms with van der Waals surface area (Å²) in [6, 6.07) is 16.0. The molecule has 3 rings (SSSR count). The SMILES string of the molecule is Cc1cccc(C2CNCCC2c2ccc(C)cc2C)c1. The highest BCUT2D eigenvalue weighted by molar-refractivity contribution is 5.38. The number of hydrogen-bond donors (Lipinski definition) is 1. The van der Waals surface area contributed by atoms with E-state index in [0.29, 0.717) is 11.8 Å². The van der Waals surface area contributed by atoms with Crippen LogP contribution < -0.4 is 5.32 Å². The molecule has 21 heavy (non-hydrogen) atoms. The van der Waals surface area contributed by atoms with Crippen molar-refractivity contribution in [1.82, 2.24) is 5.32 Å². The van der Waals surface area contributed by atoms with Crippen molar-refractivity contribution in [2.75, 3.05) is 13.1 Å². The monoisotopic (exact) mass is 279 g/mol. The zero-order valence-electron chi connectivity index (χ0n) is 13.3. The number of nitrogens with one attached hydrogen (secondary N) is 1. The van der Waals surface area contributed by atoms with Gasteiger partial charge in [-0.1, -0.05) is 53.6 Å². The van der Waals surface area contributed by atoms with E-state index in [1.807, 2.05) is 0 Å². The molecule has 0 bridgehead atoms. The quantitative estimate of drug-likeness (QED) is 0.855. The van der Waals surface area contributed by atoms with Crippen molar-refractivity contribution in [2.24, 2.45) is 0 Å². The van der Waals surface area contributed by atoms with Crippen LogP contribution in [-0.2, 0) is 0 Å². The second-order valence-corrected chi connectivity index (χ2v) is 6.48. The fourth-order valence-corrected chi connectivity index (χ4v) is 3.72. The van der Waals surface area contributed by atoms with Gasteiger partial charge in [0.1, 0.15) is 0 Å². The Bertz CT molecular complexity index is 629. The summed E-state index contributed by atoms with van der Waals surface area (Å²) in [5.41, 5.74) is 7.18. The van der Waals surface area contributed by atoms with Crippen molar-refractivity contribution < 1.29 is 0 Å². The zero-order chi connectivity index (χ0) is 14.8. The van der Waals surface area contributed by atoms with Crippen molar-refractivity contribution in [2.45, 2.75) is 39.0 Å². The molecule has 1 nitrogen and oxygen atoms in total. The van der Waals surface area contributed by atoms with Crippen LogP contribution in [0.15, 0.2) is 42.5 Å². The number of hydrogen-bond acceptors (Lipinski definition) is 1. The molecule has 1 aliphatic rings. The number of rotatable bonds is 2. The number of aryl methyl sites for hydroxylation is 3. The Kier molecular flexibility index (Phi) is 4.12. The average molecular weight is 279 g/mol. The largest absolute Gasteiger partial charge is 0.316 e. The van der Waals surface area contributed by atoms with Gasteiger partial charge in [0.05, 0.1) is 0 Å². The van der Waals surface area contributed by atoms with Crippen LogP contribution in [0, 0.1) is 20.8 Å². The molecular formula is C20H25N.